The number of hydrogen-bond donors (Lipinski definition) is 1. The van der Waals surface area contributed by atoms with Gasteiger partial charge in [-0.05, 0) is 18.2 Å². The normalized spacial score (nSPS) is 11.4. The Kier molecular flexibility index (Phi) is 3.92. The molecule has 0 aliphatic heterocycles. The van der Waals surface area contributed by atoms with Crippen molar-refractivity contribution in [1.29, 1.82) is 0 Å². The third-order valence-corrected chi connectivity index (χ3v) is 1.38. The largest absolute Gasteiger partial charge is 0.488 e. The van der Waals surface area contributed by atoms with Crippen molar-refractivity contribution in [2.45, 2.75) is 0 Å². The first-order chi connectivity index (χ1) is 6.33. The first-order valence-corrected chi connectivity index (χ1v) is 3.90. The van der Waals surface area contributed by atoms with Gasteiger partial charge in [0.25, 0.3) is 0 Å². The smallest absolute Gasteiger partial charge is 0.138 e. The van der Waals surface area contributed by atoms with E-state index in [4.69, 9.17) is 10.5 Å². The number of hydrogen-bond acceptors (Lipinski definition) is 3. The lowest BCUT2D eigenvalue weighted by Crippen LogP contribution is -2.01. The molecule has 2 N–H and O–H groups in total. The fraction of sp³-hybridized carbons (Fsp3) is 0.222. The summed E-state index contributed by atoms with van der Waals surface area (Å²) in [5, 5.41) is 0. The second-order valence-electron chi connectivity index (χ2n) is 2.35. The Morgan fingerprint density at radius 3 is 3.15 bits per heavy atom. The van der Waals surface area contributed by atoms with Crippen LogP contribution in [0.4, 0.5) is 4.39 Å². The number of halogens is 1. The average molecular weight is 182 g/mol. The number of nitrogens with two attached hydrogens (primary N) is 1. The van der Waals surface area contributed by atoms with Crippen molar-refractivity contribution in [1.82, 2.24) is 4.98 Å². The number of aromatic nitrogens is 1. The molecule has 0 aliphatic rings. The molecule has 0 atom stereocenters. The number of rotatable bonds is 4. The van der Waals surface area contributed by atoms with Crippen LogP contribution in [0.25, 0.3) is 0 Å². The first-order valence-electron chi connectivity index (χ1n) is 3.90. The van der Waals surface area contributed by atoms with E-state index in [1.165, 1.54) is 6.08 Å². The van der Waals surface area contributed by atoms with Gasteiger partial charge in [-0.2, -0.15) is 0 Å². The maximum absolute atomic E-state index is 12.5. The monoisotopic (exact) mass is 182 g/mol. The van der Waals surface area contributed by atoms with E-state index in [2.05, 4.69) is 4.98 Å². The van der Waals surface area contributed by atoms with Crippen molar-refractivity contribution in [3.8, 4) is 5.75 Å². The van der Waals surface area contributed by atoms with Crippen LogP contribution >= 0.6 is 0 Å². The number of pyridine rings is 1. The topological polar surface area (TPSA) is 48.1 Å². The van der Waals surface area contributed by atoms with Crippen LogP contribution in [0.2, 0.25) is 0 Å². The predicted molar refractivity (Wildman–Crippen MR) is 48.0 cm³/mol. The van der Waals surface area contributed by atoms with E-state index in [0.29, 0.717) is 5.75 Å². The number of ether oxygens (including phenoxy) is 1. The van der Waals surface area contributed by atoms with Crippen LogP contribution in [0, 0.1) is 0 Å². The Bertz CT molecular complexity index is 274. The van der Waals surface area contributed by atoms with Crippen LogP contribution in [-0.2, 0) is 0 Å². The quantitative estimate of drug-likeness (QED) is 0.762. The molecule has 1 rings (SSSR count). The summed E-state index contributed by atoms with van der Waals surface area (Å²) in [4.78, 5) is 3.84. The highest BCUT2D eigenvalue weighted by molar-refractivity contribution is 5.15. The van der Waals surface area contributed by atoms with Crippen LogP contribution in [0.5, 0.6) is 5.75 Å². The van der Waals surface area contributed by atoms with E-state index in [-0.39, 0.29) is 19.0 Å². The minimum absolute atomic E-state index is 0.0869. The van der Waals surface area contributed by atoms with Gasteiger partial charge in [-0.25, -0.2) is 4.39 Å². The third kappa shape index (κ3) is 3.66. The van der Waals surface area contributed by atoms with Crippen LogP contribution in [0.1, 0.15) is 0 Å². The predicted octanol–water partition coefficient (Wildman–Crippen LogP) is 1.27. The van der Waals surface area contributed by atoms with E-state index in [1.54, 1.807) is 24.5 Å². The molecule has 3 nitrogen and oxygen atoms in total. The lowest BCUT2D eigenvalue weighted by atomic mass is 10.4. The van der Waals surface area contributed by atoms with E-state index in [0.717, 1.165) is 0 Å². The van der Waals surface area contributed by atoms with Crippen LogP contribution in [0.15, 0.2) is 36.4 Å². The molecule has 13 heavy (non-hydrogen) atoms. The average Bonchev–Trinajstić information content (AvgIpc) is 2.19. The standard InChI is InChI=1S/C9H11FN2O/c10-8(6-11)3-5-13-9-2-1-4-12-7-9/h1-4,7H,5-6,11H2. The Balaban J connectivity index is 2.36. The molecule has 0 unspecified atom stereocenters. The molecule has 70 valence electrons. The molecule has 0 saturated heterocycles. The van der Waals surface area contributed by atoms with Gasteiger partial charge in [0, 0.05) is 12.7 Å². The van der Waals surface area contributed by atoms with E-state index in [1.807, 2.05) is 0 Å². The van der Waals surface area contributed by atoms with Crippen molar-refractivity contribution < 1.29 is 9.13 Å². The maximum Gasteiger partial charge on any atom is 0.138 e. The molecule has 0 saturated carbocycles. The molecule has 0 amide bonds. The van der Waals surface area contributed by atoms with Gasteiger partial charge in [0.1, 0.15) is 18.2 Å². The van der Waals surface area contributed by atoms with Gasteiger partial charge in [0.15, 0.2) is 0 Å². The van der Waals surface area contributed by atoms with Gasteiger partial charge in [-0.3, -0.25) is 4.98 Å². The Morgan fingerprint density at radius 2 is 2.54 bits per heavy atom. The molecule has 1 aromatic heterocycles. The fourth-order valence-corrected chi connectivity index (χ4v) is 0.744. The van der Waals surface area contributed by atoms with Gasteiger partial charge in [-0.15, -0.1) is 0 Å². The molecule has 4 heteroatoms. The Morgan fingerprint density at radius 1 is 1.69 bits per heavy atom. The van der Waals surface area contributed by atoms with Crippen molar-refractivity contribution >= 4 is 0 Å². The lowest BCUT2D eigenvalue weighted by molar-refractivity contribution is 0.357. The molecule has 1 aromatic rings. The number of nitrogens with zero attached hydrogens (tertiary/aromatic N) is 1. The molecule has 0 aromatic carbocycles. The summed E-state index contributed by atoms with van der Waals surface area (Å²) >= 11 is 0. The SMILES string of the molecule is NCC(F)=CCOc1cccnc1. The summed E-state index contributed by atoms with van der Waals surface area (Å²) in [5.74, 6) is 0.243. The van der Waals surface area contributed by atoms with Crippen molar-refractivity contribution in [3.63, 3.8) is 0 Å². The van der Waals surface area contributed by atoms with Gasteiger partial charge >= 0.3 is 0 Å². The third-order valence-electron chi connectivity index (χ3n) is 1.38. The molecule has 0 radical (unpaired) electrons. The Labute approximate surface area is 76.0 Å². The summed E-state index contributed by atoms with van der Waals surface area (Å²) in [6, 6.07) is 3.50. The van der Waals surface area contributed by atoms with Crippen LogP contribution in [-0.4, -0.2) is 18.1 Å². The zero-order chi connectivity index (χ0) is 9.52. The maximum atomic E-state index is 12.5. The van der Waals surface area contributed by atoms with Gasteiger partial charge in [0.2, 0.25) is 0 Å². The molecular formula is C9H11FN2O. The summed E-state index contributed by atoms with van der Waals surface area (Å²) < 4.78 is 17.6. The summed E-state index contributed by atoms with van der Waals surface area (Å²) in [5.41, 5.74) is 5.04. The second-order valence-corrected chi connectivity index (χ2v) is 2.35. The zero-order valence-electron chi connectivity index (χ0n) is 7.11. The first kappa shape index (κ1) is 9.67. The molecule has 0 aliphatic carbocycles. The van der Waals surface area contributed by atoms with E-state index in [9.17, 15) is 4.39 Å². The van der Waals surface area contributed by atoms with Crippen LogP contribution in [0.3, 0.4) is 0 Å². The lowest BCUT2D eigenvalue weighted by Gasteiger charge is -2.00. The van der Waals surface area contributed by atoms with Gasteiger partial charge in [0.05, 0.1) is 6.20 Å². The van der Waals surface area contributed by atoms with Crippen molar-refractivity contribution in [2.75, 3.05) is 13.2 Å². The summed E-state index contributed by atoms with van der Waals surface area (Å²) in [7, 11) is 0. The molecule has 0 fully saturated rings. The van der Waals surface area contributed by atoms with Crippen molar-refractivity contribution in [2.24, 2.45) is 5.73 Å². The molecular weight excluding hydrogens is 171 g/mol. The highest BCUT2D eigenvalue weighted by atomic mass is 19.1. The zero-order valence-corrected chi connectivity index (χ0v) is 7.11. The van der Waals surface area contributed by atoms with Gasteiger partial charge < -0.3 is 10.5 Å². The summed E-state index contributed by atoms with van der Waals surface area (Å²) in [6.07, 6.45) is 4.50. The fourth-order valence-electron chi connectivity index (χ4n) is 0.744. The molecule has 0 bridgehead atoms. The molecule has 1 heterocycles. The molecule has 0 spiro atoms. The minimum Gasteiger partial charge on any atom is -0.488 e. The van der Waals surface area contributed by atoms with Crippen molar-refractivity contribution in [3.05, 3.63) is 36.4 Å². The minimum atomic E-state index is -0.371. The van der Waals surface area contributed by atoms with E-state index >= 15 is 0 Å². The highest BCUT2D eigenvalue weighted by Gasteiger charge is 1.91. The summed E-state index contributed by atoms with van der Waals surface area (Å²) in [6.45, 7) is 0.0884. The van der Waals surface area contributed by atoms with Gasteiger partial charge in [-0.1, -0.05) is 0 Å². The van der Waals surface area contributed by atoms with Crippen LogP contribution < -0.4 is 10.5 Å². The Hall–Kier alpha value is -1.42. The second kappa shape index (κ2) is 5.27. The van der Waals surface area contributed by atoms with E-state index < -0.39 is 0 Å². The highest BCUT2D eigenvalue weighted by Crippen LogP contribution is 2.06.